The van der Waals surface area contributed by atoms with E-state index in [4.69, 9.17) is 4.74 Å². The van der Waals surface area contributed by atoms with Crippen molar-refractivity contribution in [1.29, 1.82) is 0 Å². The van der Waals surface area contributed by atoms with Gasteiger partial charge in [-0.3, -0.25) is 14.2 Å². The molecule has 1 aliphatic rings. The highest BCUT2D eigenvalue weighted by Crippen LogP contribution is 2.32. The van der Waals surface area contributed by atoms with Crippen LogP contribution in [0.25, 0.3) is 6.08 Å². The van der Waals surface area contributed by atoms with Gasteiger partial charge in [0, 0.05) is 17.3 Å². The van der Waals surface area contributed by atoms with Crippen molar-refractivity contribution in [3.63, 3.8) is 0 Å². The number of aromatic nitrogens is 1. The molecule has 2 heterocycles. The van der Waals surface area contributed by atoms with E-state index in [1.807, 2.05) is 66.7 Å². The third-order valence-corrected chi connectivity index (χ3v) is 8.03. The van der Waals surface area contributed by atoms with Crippen LogP contribution >= 0.6 is 11.3 Å². The van der Waals surface area contributed by atoms with Gasteiger partial charge in [0.25, 0.3) is 11.5 Å². The first kappa shape index (κ1) is 28.5. The van der Waals surface area contributed by atoms with Crippen LogP contribution in [0, 0.1) is 0 Å². The van der Waals surface area contributed by atoms with Gasteiger partial charge in [0.1, 0.15) is 11.5 Å². The van der Waals surface area contributed by atoms with Crippen LogP contribution in [0.3, 0.4) is 0 Å². The largest absolute Gasteiger partial charge is 0.507 e. The minimum atomic E-state index is -0.762. The number of nitrogens with zero attached hydrogens (tertiary/aromatic N) is 4. The maximum Gasteiger partial charge on any atom is 0.271 e. The first-order valence-electron chi connectivity index (χ1n) is 13.7. The number of hydrogen-bond donors (Lipinski definition) is 2. The fourth-order valence-corrected chi connectivity index (χ4v) is 5.96. The number of anilines is 1. The van der Waals surface area contributed by atoms with Gasteiger partial charge < -0.3 is 15.2 Å². The summed E-state index contributed by atoms with van der Waals surface area (Å²) in [6.07, 6.45) is 1.61. The number of allylic oxidation sites excluding steroid dienone is 1. The number of aromatic hydroxyl groups is 1. The second kappa shape index (κ2) is 12.3. The molecule has 1 atom stereocenters. The van der Waals surface area contributed by atoms with Crippen LogP contribution in [0.15, 0.2) is 134 Å². The number of ether oxygens (including phenoxy) is 1. The zero-order chi connectivity index (χ0) is 30.6. The molecular weight excluding hydrogens is 574 g/mol. The lowest BCUT2D eigenvalue weighted by molar-refractivity contribution is -0.113. The molecule has 10 heteroatoms. The maximum absolute atomic E-state index is 14.0. The Balaban J connectivity index is 1.42. The summed E-state index contributed by atoms with van der Waals surface area (Å²) in [5.41, 5.74) is 3.41. The molecule has 0 aliphatic carbocycles. The Morgan fingerprint density at radius 3 is 2.41 bits per heavy atom. The fourth-order valence-electron chi connectivity index (χ4n) is 4.93. The van der Waals surface area contributed by atoms with E-state index < -0.39 is 6.04 Å². The molecule has 2 N–H and O–H groups in total. The zero-order valence-electron chi connectivity index (χ0n) is 23.8. The Morgan fingerprint density at radius 1 is 0.955 bits per heavy atom. The minimum Gasteiger partial charge on any atom is -0.507 e. The highest BCUT2D eigenvalue weighted by atomic mass is 32.1. The number of phenols is 1. The van der Waals surface area contributed by atoms with Crippen LogP contribution in [0.4, 0.5) is 17.1 Å². The Labute approximate surface area is 256 Å². The van der Waals surface area contributed by atoms with Crippen LogP contribution in [0.1, 0.15) is 24.1 Å². The standard InChI is InChI=1S/C34H27N5O4S/c1-21-30(32(41)36-24-11-5-3-6-12-24)31(23-10-9-15-27(18-23)43-2)39-33(42)29(44-34(39)35-21)19-22-16-17-26(20-28(22)40)38-37-25-13-7-4-8-14-25/h3-20,31,40H,1-2H3,(H,36,41)/b29-19-,38-37?/t31-/m1/s1. The van der Waals surface area contributed by atoms with E-state index in [2.05, 4.69) is 20.5 Å². The summed E-state index contributed by atoms with van der Waals surface area (Å²) in [5.74, 6) is 0.178. The van der Waals surface area contributed by atoms with Crippen LogP contribution in [0.2, 0.25) is 0 Å². The number of methoxy groups -OCH3 is 1. The van der Waals surface area contributed by atoms with Gasteiger partial charge in [0.05, 0.1) is 40.3 Å². The first-order chi connectivity index (χ1) is 21.4. The highest BCUT2D eigenvalue weighted by Gasteiger charge is 2.32. The number of fused-ring (bicyclic) bond motifs is 1. The average molecular weight is 602 g/mol. The quantitative estimate of drug-likeness (QED) is 0.222. The summed E-state index contributed by atoms with van der Waals surface area (Å²) in [6.45, 7) is 1.76. The summed E-state index contributed by atoms with van der Waals surface area (Å²) in [6, 6.07) is 29.8. The van der Waals surface area contributed by atoms with E-state index in [0.717, 1.165) is 0 Å². The number of thiazole rings is 1. The average Bonchev–Trinajstić information content (AvgIpc) is 3.35. The number of hydrogen-bond acceptors (Lipinski definition) is 8. The van der Waals surface area contributed by atoms with E-state index in [1.54, 1.807) is 50.4 Å². The molecule has 0 fully saturated rings. The van der Waals surface area contributed by atoms with Gasteiger partial charge >= 0.3 is 0 Å². The predicted molar refractivity (Wildman–Crippen MR) is 171 cm³/mol. The number of carbonyl (C=O) groups is 1. The lowest BCUT2D eigenvalue weighted by Gasteiger charge is -2.25. The minimum absolute atomic E-state index is 0.0520. The van der Waals surface area contributed by atoms with Crippen molar-refractivity contribution < 1.29 is 14.6 Å². The van der Waals surface area contributed by atoms with Gasteiger partial charge in [-0.15, -0.1) is 0 Å². The Bertz CT molecular complexity index is 2100. The second-order valence-electron chi connectivity index (χ2n) is 9.96. The molecule has 6 rings (SSSR count). The van der Waals surface area contributed by atoms with Crippen molar-refractivity contribution in [2.24, 2.45) is 15.2 Å². The molecule has 0 bridgehead atoms. The number of carbonyl (C=O) groups excluding carboxylic acids is 1. The van der Waals surface area contributed by atoms with Gasteiger partial charge in [-0.25, -0.2) is 4.99 Å². The molecule has 1 amide bonds. The Morgan fingerprint density at radius 2 is 1.68 bits per heavy atom. The van der Waals surface area contributed by atoms with Gasteiger partial charge in [-0.1, -0.05) is 59.9 Å². The molecule has 9 nitrogen and oxygen atoms in total. The maximum atomic E-state index is 14.0. The SMILES string of the molecule is COc1cccc([C@@H]2C(C(=O)Nc3ccccc3)=C(C)N=c3s/c(=C\c4ccc(N=Nc5ccccc5)cc4O)c(=O)n32)c1. The van der Waals surface area contributed by atoms with Crippen molar-refractivity contribution in [2.75, 3.05) is 12.4 Å². The van der Waals surface area contributed by atoms with E-state index >= 15 is 0 Å². The van der Waals surface area contributed by atoms with E-state index in [1.165, 1.54) is 22.0 Å². The monoisotopic (exact) mass is 601 g/mol. The van der Waals surface area contributed by atoms with Crippen LogP contribution < -0.4 is 24.9 Å². The molecule has 1 aromatic heterocycles. The summed E-state index contributed by atoms with van der Waals surface area (Å²) < 4.78 is 7.33. The van der Waals surface area contributed by atoms with Gasteiger partial charge in [0.2, 0.25) is 0 Å². The molecule has 0 saturated heterocycles. The number of rotatable bonds is 7. The number of phenolic OH excluding ortho intramolecular Hbond substituents is 1. The van der Waals surface area contributed by atoms with Crippen molar-refractivity contribution in [2.45, 2.75) is 13.0 Å². The summed E-state index contributed by atoms with van der Waals surface area (Å²) in [7, 11) is 1.56. The summed E-state index contributed by atoms with van der Waals surface area (Å²) in [5, 5.41) is 22.1. The van der Waals surface area contributed by atoms with Crippen molar-refractivity contribution in [3.05, 3.63) is 145 Å². The Hall–Kier alpha value is -5.61. The van der Waals surface area contributed by atoms with Crippen LogP contribution in [0.5, 0.6) is 11.5 Å². The topological polar surface area (TPSA) is 118 Å². The molecule has 5 aromatic rings. The second-order valence-corrected chi connectivity index (χ2v) is 11.0. The molecule has 44 heavy (non-hydrogen) atoms. The van der Waals surface area contributed by atoms with Crippen molar-refractivity contribution in [3.8, 4) is 11.5 Å². The number of amides is 1. The summed E-state index contributed by atoms with van der Waals surface area (Å²) >= 11 is 1.19. The van der Waals surface area contributed by atoms with Crippen molar-refractivity contribution in [1.82, 2.24) is 4.57 Å². The molecule has 0 unspecified atom stereocenters. The van der Waals surface area contributed by atoms with Gasteiger partial charge in [0.15, 0.2) is 4.80 Å². The number of benzene rings is 4. The molecule has 0 spiro atoms. The highest BCUT2D eigenvalue weighted by molar-refractivity contribution is 7.07. The third kappa shape index (κ3) is 5.83. The number of azo groups is 1. The predicted octanol–water partition coefficient (Wildman–Crippen LogP) is 6.00. The molecule has 0 saturated carbocycles. The van der Waals surface area contributed by atoms with E-state index in [-0.39, 0.29) is 17.2 Å². The van der Waals surface area contributed by atoms with Crippen LogP contribution in [-0.2, 0) is 4.79 Å². The van der Waals surface area contributed by atoms with Gasteiger partial charge in [-0.05, 0) is 67.1 Å². The van der Waals surface area contributed by atoms with E-state index in [9.17, 15) is 14.7 Å². The Kier molecular flexibility index (Phi) is 7.98. The van der Waals surface area contributed by atoms with Crippen LogP contribution in [-0.4, -0.2) is 22.7 Å². The smallest absolute Gasteiger partial charge is 0.271 e. The molecule has 1 aliphatic heterocycles. The van der Waals surface area contributed by atoms with Crippen molar-refractivity contribution >= 4 is 40.4 Å². The van der Waals surface area contributed by atoms with E-state index in [0.29, 0.717) is 54.5 Å². The number of para-hydroxylation sites is 1. The molecule has 4 aromatic carbocycles. The third-order valence-electron chi connectivity index (χ3n) is 7.05. The lowest BCUT2D eigenvalue weighted by Crippen LogP contribution is -2.40. The number of nitrogens with one attached hydrogen (secondary N) is 1. The first-order valence-corrected chi connectivity index (χ1v) is 14.6. The lowest BCUT2D eigenvalue weighted by atomic mass is 9.95. The molecule has 0 radical (unpaired) electrons. The van der Waals surface area contributed by atoms with Gasteiger partial charge in [-0.2, -0.15) is 10.2 Å². The normalized spacial score (nSPS) is 14.8. The zero-order valence-corrected chi connectivity index (χ0v) is 24.7. The fraction of sp³-hybridized carbons (Fsp3) is 0.0882. The summed E-state index contributed by atoms with van der Waals surface area (Å²) in [4.78, 5) is 32.9. The molecule has 218 valence electrons. The molecular formula is C34H27N5O4S.